The molecule has 0 aromatic heterocycles. The highest BCUT2D eigenvalue weighted by atomic mass is 19.4. The summed E-state index contributed by atoms with van der Waals surface area (Å²) in [7, 11) is 0. The molecule has 0 aliphatic heterocycles. The number of halogens is 3. The number of hydrogen-bond donors (Lipinski definition) is 0. The SMILES string of the molecule is O=C(c1ccc([N+](=O)[O-])cc1)N(Cc1ccc(C(F)(F)F)cc1)C1CC1. The molecular formula is C18H15F3N2O3. The Labute approximate surface area is 147 Å². The number of benzene rings is 2. The summed E-state index contributed by atoms with van der Waals surface area (Å²) in [5.41, 5.74) is 0.0674. The van der Waals surface area contributed by atoms with E-state index in [4.69, 9.17) is 0 Å². The molecule has 5 nitrogen and oxygen atoms in total. The van der Waals surface area contributed by atoms with Gasteiger partial charge in [0.2, 0.25) is 0 Å². The van der Waals surface area contributed by atoms with Crippen LogP contribution in [0.2, 0.25) is 0 Å². The van der Waals surface area contributed by atoms with Crippen LogP contribution in [0.1, 0.15) is 34.3 Å². The summed E-state index contributed by atoms with van der Waals surface area (Å²) >= 11 is 0. The number of non-ortho nitro benzene ring substituents is 1. The Kier molecular flexibility index (Phi) is 4.67. The normalized spacial score (nSPS) is 14.1. The molecule has 0 heterocycles. The van der Waals surface area contributed by atoms with Gasteiger partial charge in [-0.2, -0.15) is 13.2 Å². The molecule has 2 aromatic rings. The molecule has 0 radical (unpaired) electrons. The van der Waals surface area contributed by atoms with Crippen LogP contribution in [0.15, 0.2) is 48.5 Å². The highest BCUT2D eigenvalue weighted by Gasteiger charge is 2.34. The van der Waals surface area contributed by atoms with E-state index in [9.17, 15) is 28.1 Å². The highest BCUT2D eigenvalue weighted by Crippen LogP contribution is 2.32. The summed E-state index contributed by atoms with van der Waals surface area (Å²) < 4.78 is 37.9. The molecule has 0 spiro atoms. The lowest BCUT2D eigenvalue weighted by molar-refractivity contribution is -0.384. The van der Waals surface area contributed by atoms with E-state index in [1.54, 1.807) is 4.90 Å². The van der Waals surface area contributed by atoms with Gasteiger partial charge in [0.15, 0.2) is 0 Å². The van der Waals surface area contributed by atoms with E-state index in [-0.39, 0.29) is 24.2 Å². The monoisotopic (exact) mass is 364 g/mol. The topological polar surface area (TPSA) is 63.4 Å². The molecule has 26 heavy (non-hydrogen) atoms. The van der Waals surface area contributed by atoms with Crippen LogP contribution in [0.4, 0.5) is 18.9 Å². The molecule has 0 saturated heterocycles. The first-order valence-corrected chi connectivity index (χ1v) is 7.97. The minimum Gasteiger partial charge on any atom is -0.331 e. The van der Waals surface area contributed by atoms with Crippen molar-refractivity contribution < 1.29 is 22.9 Å². The quantitative estimate of drug-likeness (QED) is 0.583. The summed E-state index contributed by atoms with van der Waals surface area (Å²) in [4.78, 5) is 24.5. The maximum atomic E-state index is 12.7. The zero-order valence-electron chi connectivity index (χ0n) is 13.6. The summed E-state index contributed by atoms with van der Waals surface area (Å²) in [6.07, 6.45) is -2.73. The number of rotatable bonds is 5. The van der Waals surface area contributed by atoms with Crippen molar-refractivity contribution in [3.63, 3.8) is 0 Å². The van der Waals surface area contributed by atoms with E-state index in [2.05, 4.69) is 0 Å². The maximum Gasteiger partial charge on any atom is 0.416 e. The van der Waals surface area contributed by atoms with Gasteiger partial charge in [0.25, 0.3) is 11.6 Å². The number of alkyl halides is 3. The number of amides is 1. The molecular weight excluding hydrogens is 349 g/mol. The van der Waals surface area contributed by atoms with Gasteiger partial charge in [-0.15, -0.1) is 0 Å². The van der Waals surface area contributed by atoms with Gasteiger partial charge in [-0.3, -0.25) is 14.9 Å². The van der Waals surface area contributed by atoms with E-state index >= 15 is 0 Å². The third-order valence-electron chi connectivity index (χ3n) is 4.21. The predicted octanol–water partition coefficient (Wildman–Crippen LogP) is 4.42. The van der Waals surface area contributed by atoms with Crippen LogP contribution < -0.4 is 0 Å². The zero-order chi connectivity index (χ0) is 18.9. The molecule has 136 valence electrons. The third-order valence-corrected chi connectivity index (χ3v) is 4.21. The van der Waals surface area contributed by atoms with Gasteiger partial charge in [-0.1, -0.05) is 12.1 Å². The van der Waals surface area contributed by atoms with Crippen LogP contribution in [0.3, 0.4) is 0 Å². The summed E-state index contributed by atoms with van der Waals surface area (Å²) in [6.45, 7) is 0.193. The number of nitrogens with zero attached hydrogens (tertiary/aromatic N) is 2. The van der Waals surface area contributed by atoms with Gasteiger partial charge in [0, 0.05) is 30.3 Å². The molecule has 1 saturated carbocycles. The van der Waals surface area contributed by atoms with Gasteiger partial charge in [0.1, 0.15) is 0 Å². The summed E-state index contributed by atoms with van der Waals surface area (Å²) in [6, 6.07) is 10.1. The minimum atomic E-state index is -4.40. The summed E-state index contributed by atoms with van der Waals surface area (Å²) in [5.74, 6) is -0.290. The Morgan fingerprint density at radius 2 is 1.65 bits per heavy atom. The summed E-state index contributed by atoms with van der Waals surface area (Å²) in [5, 5.41) is 10.7. The van der Waals surface area contributed by atoms with Crippen LogP contribution in [-0.4, -0.2) is 21.8 Å². The highest BCUT2D eigenvalue weighted by molar-refractivity contribution is 5.94. The van der Waals surface area contributed by atoms with E-state index in [0.717, 1.165) is 25.0 Å². The smallest absolute Gasteiger partial charge is 0.331 e. The van der Waals surface area contributed by atoms with Crippen LogP contribution in [0, 0.1) is 10.1 Å². The Hall–Kier alpha value is -2.90. The second-order valence-electron chi connectivity index (χ2n) is 6.16. The van der Waals surface area contributed by atoms with Crippen molar-refractivity contribution >= 4 is 11.6 Å². The van der Waals surface area contributed by atoms with Gasteiger partial charge < -0.3 is 4.90 Å². The van der Waals surface area contributed by atoms with Gasteiger partial charge in [-0.05, 0) is 42.7 Å². The van der Waals surface area contributed by atoms with Crippen LogP contribution in [-0.2, 0) is 12.7 Å². The average molecular weight is 364 g/mol. The minimum absolute atomic E-state index is 0.0417. The van der Waals surface area contributed by atoms with Crippen LogP contribution >= 0.6 is 0 Å². The molecule has 0 unspecified atom stereocenters. The van der Waals surface area contributed by atoms with Gasteiger partial charge in [0.05, 0.1) is 10.5 Å². The van der Waals surface area contributed by atoms with E-state index in [0.29, 0.717) is 11.1 Å². The predicted molar refractivity (Wildman–Crippen MR) is 87.4 cm³/mol. The Bertz CT molecular complexity index is 813. The Morgan fingerprint density at radius 1 is 1.08 bits per heavy atom. The molecule has 0 N–H and O–H groups in total. The van der Waals surface area contributed by atoms with Gasteiger partial charge >= 0.3 is 6.18 Å². The lowest BCUT2D eigenvalue weighted by atomic mass is 10.1. The largest absolute Gasteiger partial charge is 0.416 e. The number of nitro benzene ring substituents is 1. The first-order chi connectivity index (χ1) is 12.3. The Morgan fingerprint density at radius 3 is 2.12 bits per heavy atom. The van der Waals surface area contributed by atoms with Crippen molar-refractivity contribution in [3.05, 3.63) is 75.3 Å². The van der Waals surface area contributed by atoms with E-state index in [1.807, 2.05) is 0 Å². The molecule has 1 fully saturated rings. The van der Waals surface area contributed by atoms with Crippen LogP contribution in [0.25, 0.3) is 0 Å². The number of carbonyl (C=O) groups excluding carboxylic acids is 1. The molecule has 8 heteroatoms. The Balaban J connectivity index is 1.77. The molecule has 1 aliphatic rings. The van der Waals surface area contributed by atoms with Crippen molar-refractivity contribution in [2.75, 3.05) is 0 Å². The molecule has 2 aromatic carbocycles. The zero-order valence-corrected chi connectivity index (χ0v) is 13.6. The molecule has 0 bridgehead atoms. The fourth-order valence-corrected chi connectivity index (χ4v) is 2.64. The standard InChI is InChI=1S/C18H15F3N2O3/c19-18(20,21)14-5-1-12(2-6-14)11-22(15-9-10-15)17(24)13-3-7-16(8-4-13)23(25)26/h1-8,15H,9-11H2. The van der Waals surface area contributed by atoms with Crippen molar-refractivity contribution in [2.24, 2.45) is 0 Å². The van der Waals surface area contributed by atoms with Crippen molar-refractivity contribution in [1.29, 1.82) is 0 Å². The average Bonchev–Trinajstić information content (AvgIpc) is 3.44. The first-order valence-electron chi connectivity index (χ1n) is 7.97. The lowest BCUT2D eigenvalue weighted by Gasteiger charge is -2.23. The number of carbonyl (C=O) groups is 1. The van der Waals surface area contributed by atoms with Gasteiger partial charge in [-0.25, -0.2) is 0 Å². The number of nitro groups is 1. The fourth-order valence-electron chi connectivity index (χ4n) is 2.64. The molecule has 1 amide bonds. The second-order valence-corrected chi connectivity index (χ2v) is 6.16. The van der Waals surface area contributed by atoms with Crippen molar-refractivity contribution in [3.8, 4) is 0 Å². The second kappa shape index (κ2) is 6.78. The van der Waals surface area contributed by atoms with Crippen molar-refractivity contribution in [2.45, 2.75) is 31.6 Å². The third kappa shape index (κ3) is 4.01. The molecule has 1 aliphatic carbocycles. The van der Waals surface area contributed by atoms with E-state index in [1.165, 1.54) is 36.4 Å². The molecule has 0 atom stereocenters. The fraction of sp³-hybridized carbons (Fsp3) is 0.278. The maximum absolute atomic E-state index is 12.7. The number of hydrogen-bond acceptors (Lipinski definition) is 3. The van der Waals surface area contributed by atoms with Crippen LogP contribution in [0.5, 0.6) is 0 Å². The first kappa shape index (κ1) is 17.9. The molecule has 3 rings (SSSR count). The lowest BCUT2D eigenvalue weighted by Crippen LogP contribution is -2.32. The van der Waals surface area contributed by atoms with Crippen molar-refractivity contribution in [1.82, 2.24) is 4.90 Å². The van der Waals surface area contributed by atoms with E-state index < -0.39 is 16.7 Å².